The second kappa shape index (κ2) is 6.98. The van der Waals surface area contributed by atoms with Crippen molar-refractivity contribution < 1.29 is 19.5 Å². The summed E-state index contributed by atoms with van der Waals surface area (Å²) in [5.41, 5.74) is 0. The van der Waals surface area contributed by atoms with Crippen LogP contribution in [0.25, 0.3) is 0 Å². The molecule has 1 atom stereocenters. The molecule has 0 fully saturated rings. The predicted octanol–water partition coefficient (Wildman–Crippen LogP) is 0.725. The summed E-state index contributed by atoms with van der Waals surface area (Å²) in [6, 6.07) is -0.882. The van der Waals surface area contributed by atoms with Crippen LogP contribution >= 0.6 is 0 Å². The van der Waals surface area contributed by atoms with E-state index >= 15 is 0 Å². The molecule has 0 aromatic heterocycles. The third-order valence-corrected chi connectivity index (χ3v) is 2.02. The standard InChI is InChI=1S/C10H17NO4/c1-3-8(13)5-4-6-9(10(14)15)11-7(2)12/h9H,3-6H2,1-2H3,(H,11,12)(H,14,15). The zero-order chi connectivity index (χ0) is 11.8. The van der Waals surface area contributed by atoms with Gasteiger partial charge in [0.15, 0.2) is 0 Å². The van der Waals surface area contributed by atoms with Crippen molar-refractivity contribution in [2.24, 2.45) is 0 Å². The maximum atomic E-state index is 11.0. The highest BCUT2D eigenvalue weighted by molar-refractivity contribution is 5.82. The SMILES string of the molecule is CCC(=O)CCCC(NC(C)=O)C(=O)O. The zero-order valence-electron chi connectivity index (χ0n) is 9.08. The molecule has 1 unspecified atom stereocenters. The molecule has 0 heterocycles. The Bertz CT molecular complexity index is 250. The van der Waals surface area contributed by atoms with Gasteiger partial charge in [0.05, 0.1) is 0 Å². The molecule has 1 amide bonds. The number of nitrogens with one attached hydrogen (secondary N) is 1. The molecule has 0 saturated heterocycles. The van der Waals surface area contributed by atoms with Crippen LogP contribution in [0.1, 0.15) is 39.5 Å². The quantitative estimate of drug-likeness (QED) is 0.655. The highest BCUT2D eigenvalue weighted by Gasteiger charge is 2.17. The van der Waals surface area contributed by atoms with E-state index in [0.717, 1.165) is 0 Å². The molecule has 0 aliphatic carbocycles. The van der Waals surface area contributed by atoms with Gasteiger partial charge in [-0.05, 0) is 12.8 Å². The largest absolute Gasteiger partial charge is 0.480 e. The van der Waals surface area contributed by atoms with E-state index in [9.17, 15) is 14.4 Å². The summed E-state index contributed by atoms with van der Waals surface area (Å²) in [5, 5.41) is 11.1. The second-order valence-corrected chi connectivity index (χ2v) is 3.38. The number of rotatable bonds is 7. The Balaban J connectivity index is 3.91. The molecule has 0 bridgehead atoms. The van der Waals surface area contributed by atoms with Gasteiger partial charge in [-0.3, -0.25) is 9.59 Å². The van der Waals surface area contributed by atoms with Gasteiger partial charge in [0, 0.05) is 19.8 Å². The Hall–Kier alpha value is -1.39. The summed E-state index contributed by atoms with van der Waals surface area (Å²) < 4.78 is 0. The van der Waals surface area contributed by atoms with Crippen molar-refractivity contribution in [2.75, 3.05) is 0 Å². The number of hydrogen-bond donors (Lipinski definition) is 2. The van der Waals surface area contributed by atoms with Crippen molar-refractivity contribution in [3.05, 3.63) is 0 Å². The van der Waals surface area contributed by atoms with Crippen LogP contribution in [0.3, 0.4) is 0 Å². The molecule has 0 aromatic carbocycles. The van der Waals surface area contributed by atoms with Gasteiger partial charge >= 0.3 is 5.97 Å². The molecule has 0 aliphatic rings. The molecule has 0 rings (SSSR count). The van der Waals surface area contributed by atoms with E-state index in [4.69, 9.17) is 5.11 Å². The summed E-state index contributed by atoms with van der Waals surface area (Å²) in [4.78, 5) is 32.3. The van der Waals surface area contributed by atoms with Crippen LogP contribution in [0.5, 0.6) is 0 Å². The van der Waals surface area contributed by atoms with Crippen LogP contribution in [-0.2, 0) is 14.4 Å². The van der Waals surface area contributed by atoms with Crippen LogP contribution in [0.2, 0.25) is 0 Å². The molecular formula is C10H17NO4. The minimum Gasteiger partial charge on any atom is -0.480 e. The van der Waals surface area contributed by atoms with E-state index in [1.54, 1.807) is 6.92 Å². The normalized spacial score (nSPS) is 11.9. The fourth-order valence-electron chi connectivity index (χ4n) is 1.18. The number of carbonyl (C=O) groups is 3. The first-order valence-electron chi connectivity index (χ1n) is 4.99. The van der Waals surface area contributed by atoms with Crippen LogP contribution in [-0.4, -0.2) is 28.8 Å². The van der Waals surface area contributed by atoms with E-state index < -0.39 is 12.0 Å². The number of carboxylic acids is 1. The van der Waals surface area contributed by atoms with Crippen molar-refractivity contribution in [1.82, 2.24) is 5.32 Å². The Morgan fingerprint density at radius 3 is 2.33 bits per heavy atom. The minimum absolute atomic E-state index is 0.113. The second-order valence-electron chi connectivity index (χ2n) is 3.38. The molecule has 5 nitrogen and oxygen atoms in total. The van der Waals surface area contributed by atoms with Gasteiger partial charge in [-0.25, -0.2) is 4.79 Å². The Kier molecular flexibility index (Phi) is 6.33. The molecule has 0 aromatic rings. The first-order valence-corrected chi connectivity index (χ1v) is 4.99. The highest BCUT2D eigenvalue weighted by atomic mass is 16.4. The molecule has 86 valence electrons. The van der Waals surface area contributed by atoms with Crippen molar-refractivity contribution in [3.8, 4) is 0 Å². The number of aliphatic carboxylic acids is 1. The third kappa shape index (κ3) is 6.65. The highest BCUT2D eigenvalue weighted by Crippen LogP contribution is 2.03. The zero-order valence-corrected chi connectivity index (χ0v) is 9.08. The lowest BCUT2D eigenvalue weighted by Gasteiger charge is -2.12. The van der Waals surface area contributed by atoms with Gasteiger partial charge in [0.25, 0.3) is 0 Å². The first kappa shape index (κ1) is 13.6. The Morgan fingerprint density at radius 1 is 1.33 bits per heavy atom. The third-order valence-electron chi connectivity index (χ3n) is 2.02. The number of carbonyl (C=O) groups excluding carboxylic acids is 2. The topological polar surface area (TPSA) is 83.5 Å². The monoisotopic (exact) mass is 215 g/mol. The van der Waals surface area contributed by atoms with Crippen molar-refractivity contribution >= 4 is 17.7 Å². The smallest absolute Gasteiger partial charge is 0.326 e. The molecule has 5 heteroatoms. The maximum Gasteiger partial charge on any atom is 0.326 e. The lowest BCUT2D eigenvalue weighted by molar-refractivity contribution is -0.141. The van der Waals surface area contributed by atoms with Gasteiger partial charge in [0.2, 0.25) is 5.91 Å². The van der Waals surface area contributed by atoms with Gasteiger partial charge in [-0.1, -0.05) is 6.92 Å². The molecule has 15 heavy (non-hydrogen) atoms. The number of hydrogen-bond acceptors (Lipinski definition) is 3. The molecule has 2 N–H and O–H groups in total. The Labute approximate surface area is 88.9 Å². The van der Waals surface area contributed by atoms with E-state index in [1.165, 1.54) is 6.92 Å². The van der Waals surface area contributed by atoms with Crippen LogP contribution in [0, 0.1) is 0 Å². The summed E-state index contributed by atoms with van der Waals surface area (Å²) >= 11 is 0. The van der Waals surface area contributed by atoms with Crippen LogP contribution in [0.15, 0.2) is 0 Å². The van der Waals surface area contributed by atoms with Gasteiger partial charge < -0.3 is 10.4 Å². The Morgan fingerprint density at radius 2 is 1.93 bits per heavy atom. The predicted molar refractivity (Wildman–Crippen MR) is 54.4 cm³/mol. The van der Waals surface area contributed by atoms with Gasteiger partial charge in [0.1, 0.15) is 11.8 Å². The average Bonchev–Trinajstić information content (AvgIpc) is 2.15. The van der Waals surface area contributed by atoms with Crippen molar-refractivity contribution in [1.29, 1.82) is 0 Å². The molecule has 0 aliphatic heterocycles. The van der Waals surface area contributed by atoms with E-state index in [2.05, 4.69) is 5.32 Å². The van der Waals surface area contributed by atoms with Crippen molar-refractivity contribution in [2.45, 2.75) is 45.6 Å². The number of amides is 1. The first-order chi connectivity index (χ1) is 6.97. The number of carboxylic acid groups (broad SMARTS) is 1. The molecule has 0 spiro atoms. The van der Waals surface area contributed by atoms with E-state index in [0.29, 0.717) is 25.7 Å². The van der Waals surface area contributed by atoms with Crippen molar-refractivity contribution in [3.63, 3.8) is 0 Å². The minimum atomic E-state index is -1.06. The molecular weight excluding hydrogens is 198 g/mol. The van der Waals surface area contributed by atoms with Gasteiger partial charge in [-0.2, -0.15) is 0 Å². The maximum absolute atomic E-state index is 11.0. The van der Waals surface area contributed by atoms with E-state index in [-0.39, 0.29) is 11.7 Å². The fraction of sp³-hybridized carbons (Fsp3) is 0.700. The average molecular weight is 215 g/mol. The number of ketones is 1. The summed E-state index contributed by atoms with van der Waals surface area (Å²) in [7, 11) is 0. The lowest BCUT2D eigenvalue weighted by atomic mass is 10.1. The fourth-order valence-corrected chi connectivity index (χ4v) is 1.18. The van der Waals surface area contributed by atoms with Gasteiger partial charge in [-0.15, -0.1) is 0 Å². The summed E-state index contributed by atoms with van der Waals surface area (Å²) in [6.07, 6.45) is 1.63. The summed E-state index contributed by atoms with van der Waals surface area (Å²) in [5.74, 6) is -1.32. The number of Topliss-reactive ketones (excluding diaryl/α,β-unsaturated/α-hetero) is 1. The molecule has 0 radical (unpaired) electrons. The summed E-state index contributed by atoms with van der Waals surface area (Å²) in [6.45, 7) is 3.04. The van der Waals surface area contributed by atoms with Crippen LogP contribution in [0.4, 0.5) is 0 Å². The van der Waals surface area contributed by atoms with Crippen LogP contribution < -0.4 is 5.32 Å². The van der Waals surface area contributed by atoms with E-state index in [1.807, 2.05) is 0 Å². The molecule has 0 saturated carbocycles. The lowest BCUT2D eigenvalue weighted by Crippen LogP contribution is -2.39.